The number of thioether (sulfide) groups is 1. The van der Waals surface area contributed by atoms with E-state index in [1.54, 1.807) is 0 Å². The molecule has 1 N–H and O–H groups in total. The first-order chi connectivity index (χ1) is 7.74. The van der Waals surface area contributed by atoms with E-state index in [1.807, 2.05) is 0 Å². The average Bonchev–Trinajstić information content (AvgIpc) is 2.19. The van der Waals surface area contributed by atoms with Crippen LogP contribution in [0.15, 0.2) is 17.3 Å². The van der Waals surface area contributed by atoms with Gasteiger partial charge in [-0.25, -0.2) is 4.98 Å². The summed E-state index contributed by atoms with van der Waals surface area (Å²) in [5.74, 6) is -1.08. The van der Waals surface area contributed by atoms with Gasteiger partial charge in [-0.3, -0.25) is 14.9 Å². The van der Waals surface area contributed by atoms with Crippen LogP contribution in [-0.4, -0.2) is 25.7 Å². The van der Waals surface area contributed by atoms with Crippen molar-refractivity contribution in [2.24, 2.45) is 0 Å². The minimum absolute atomic E-state index is 0.0341. The van der Waals surface area contributed by atoms with Crippen LogP contribution in [0.3, 0.4) is 0 Å². The van der Waals surface area contributed by atoms with E-state index in [0.717, 1.165) is 17.8 Å². The van der Waals surface area contributed by atoms with Crippen molar-refractivity contribution in [3.63, 3.8) is 0 Å². The number of nitrogens with zero attached hydrogens (tertiary/aromatic N) is 2. The van der Waals surface area contributed by atoms with Crippen LogP contribution in [-0.2, 0) is 4.79 Å². The van der Waals surface area contributed by atoms with Crippen LogP contribution in [0.4, 0.5) is 5.69 Å². The molecule has 0 unspecified atom stereocenters. The van der Waals surface area contributed by atoms with E-state index in [9.17, 15) is 14.9 Å². The molecule has 1 rings (SSSR count). The molecule has 1 aromatic rings. The zero-order chi connectivity index (χ0) is 13.2. The first kappa shape index (κ1) is 13.7. The molecule has 0 radical (unpaired) electrons. The number of aromatic nitrogens is 1. The lowest BCUT2D eigenvalue weighted by atomic mass is 10.2. The average molecular weight is 277 g/mol. The van der Waals surface area contributed by atoms with E-state index in [-0.39, 0.29) is 15.7 Å². The Kier molecular flexibility index (Phi) is 3.94. The van der Waals surface area contributed by atoms with E-state index >= 15 is 0 Å². The fourth-order valence-corrected chi connectivity index (χ4v) is 1.98. The molecule has 0 bridgehead atoms. The summed E-state index contributed by atoms with van der Waals surface area (Å²) in [5, 5.41) is 19.9. The number of halogens is 1. The molecule has 0 spiro atoms. The zero-order valence-electron chi connectivity index (χ0n) is 9.01. The van der Waals surface area contributed by atoms with Gasteiger partial charge in [0, 0.05) is 12.3 Å². The van der Waals surface area contributed by atoms with Gasteiger partial charge in [0.2, 0.25) is 0 Å². The summed E-state index contributed by atoms with van der Waals surface area (Å²) in [6.07, 6.45) is 1.24. The molecule has 0 aliphatic carbocycles. The van der Waals surface area contributed by atoms with E-state index < -0.39 is 15.6 Å². The van der Waals surface area contributed by atoms with Crippen LogP contribution < -0.4 is 0 Å². The summed E-state index contributed by atoms with van der Waals surface area (Å²) >= 11 is 6.41. The van der Waals surface area contributed by atoms with Crippen LogP contribution >= 0.6 is 23.4 Å². The number of aliphatic carboxylic acids is 1. The Morgan fingerprint density at radius 3 is 2.71 bits per heavy atom. The topological polar surface area (TPSA) is 93.3 Å². The normalized spacial score (nSPS) is 11.2. The number of hydrogen-bond donors (Lipinski definition) is 1. The van der Waals surface area contributed by atoms with Crippen molar-refractivity contribution < 1.29 is 14.8 Å². The molecule has 1 aromatic heterocycles. The van der Waals surface area contributed by atoms with Gasteiger partial charge in [-0.2, -0.15) is 0 Å². The molecular formula is C9H9ClN2O4S. The molecule has 1 heterocycles. The highest BCUT2D eigenvalue weighted by Crippen LogP contribution is 2.37. The van der Waals surface area contributed by atoms with E-state index in [4.69, 9.17) is 16.7 Å². The van der Waals surface area contributed by atoms with Gasteiger partial charge < -0.3 is 5.11 Å². The monoisotopic (exact) mass is 276 g/mol. The van der Waals surface area contributed by atoms with Crippen molar-refractivity contribution in [2.45, 2.75) is 23.6 Å². The largest absolute Gasteiger partial charge is 0.480 e. The van der Waals surface area contributed by atoms with Crippen LogP contribution in [0.5, 0.6) is 0 Å². The Morgan fingerprint density at radius 1 is 1.65 bits per heavy atom. The predicted octanol–water partition coefficient (Wildman–Crippen LogP) is 2.60. The maximum Gasteiger partial charge on any atom is 0.319 e. The Balaban J connectivity index is 3.15. The van der Waals surface area contributed by atoms with E-state index in [0.29, 0.717) is 0 Å². The first-order valence-corrected chi connectivity index (χ1v) is 5.66. The van der Waals surface area contributed by atoms with E-state index in [1.165, 1.54) is 20.0 Å². The Morgan fingerprint density at radius 2 is 2.24 bits per heavy atom. The van der Waals surface area contributed by atoms with Gasteiger partial charge in [-0.1, -0.05) is 23.4 Å². The Labute approximate surface area is 106 Å². The summed E-state index contributed by atoms with van der Waals surface area (Å²) in [6, 6.07) is 1.15. The van der Waals surface area contributed by atoms with Gasteiger partial charge in [0.1, 0.15) is 4.75 Å². The number of nitro groups is 1. The molecule has 0 saturated heterocycles. The number of pyridine rings is 1. The minimum Gasteiger partial charge on any atom is -0.480 e. The maximum absolute atomic E-state index is 10.9. The molecule has 0 fully saturated rings. The molecule has 0 atom stereocenters. The lowest BCUT2D eigenvalue weighted by molar-refractivity contribution is -0.388. The molecule has 8 heteroatoms. The maximum atomic E-state index is 10.9. The third-order valence-electron chi connectivity index (χ3n) is 1.86. The number of rotatable bonds is 4. The second-order valence-electron chi connectivity index (χ2n) is 3.65. The number of carbonyl (C=O) groups is 1. The van der Waals surface area contributed by atoms with Gasteiger partial charge in [-0.15, -0.1) is 0 Å². The van der Waals surface area contributed by atoms with Crippen LogP contribution in [0, 0.1) is 10.1 Å². The molecule has 17 heavy (non-hydrogen) atoms. The quantitative estimate of drug-likeness (QED) is 0.516. The van der Waals surface area contributed by atoms with E-state index in [2.05, 4.69) is 4.98 Å². The molecule has 0 amide bonds. The minimum atomic E-state index is -1.20. The van der Waals surface area contributed by atoms with Crippen LogP contribution in [0.25, 0.3) is 0 Å². The highest BCUT2D eigenvalue weighted by atomic mass is 35.5. The second-order valence-corrected chi connectivity index (χ2v) is 5.70. The van der Waals surface area contributed by atoms with Crippen molar-refractivity contribution in [3.05, 3.63) is 27.4 Å². The summed E-state index contributed by atoms with van der Waals surface area (Å²) in [7, 11) is 0. The second kappa shape index (κ2) is 4.89. The number of carboxylic acids is 1. The third kappa shape index (κ3) is 3.31. The molecular weight excluding hydrogens is 268 g/mol. The smallest absolute Gasteiger partial charge is 0.319 e. The molecule has 0 aliphatic heterocycles. The van der Waals surface area contributed by atoms with Crippen molar-refractivity contribution in [3.8, 4) is 0 Å². The number of hydrogen-bond acceptors (Lipinski definition) is 5. The first-order valence-electron chi connectivity index (χ1n) is 4.46. The SMILES string of the molecule is CC(C)(Sc1ncc(Cl)cc1[N+](=O)[O-])C(=O)O. The Hall–Kier alpha value is -1.34. The van der Waals surface area contributed by atoms with Gasteiger partial charge in [0.25, 0.3) is 0 Å². The highest BCUT2D eigenvalue weighted by molar-refractivity contribution is 8.01. The molecule has 6 nitrogen and oxygen atoms in total. The fourth-order valence-electron chi connectivity index (χ4n) is 0.911. The predicted molar refractivity (Wildman–Crippen MR) is 63.5 cm³/mol. The zero-order valence-corrected chi connectivity index (χ0v) is 10.6. The molecule has 0 saturated carbocycles. The van der Waals surface area contributed by atoms with Gasteiger partial charge >= 0.3 is 11.7 Å². The number of carboxylic acid groups (broad SMARTS) is 1. The van der Waals surface area contributed by atoms with Crippen LogP contribution in [0.2, 0.25) is 5.02 Å². The third-order valence-corrected chi connectivity index (χ3v) is 3.26. The Bertz CT molecular complexity index is 478. The summed E-state index contributed by atoms with van der Waals surface area (Å²) in [6.45, 7) is 2.89. The van der Waals surface area contributed by atoms with Crippen molar-refractivity contribution in [1.82, 2.24) is 4.98 Å². The lowest BCUT2D eigenvalue weighted by Crippen LogP contribution is -2.27. The lowest BCUT2D eigenvalue weighted by Gasteiger charge is -2.17. The van der Waals surface area contributed by atoms with Gasteiger partial charge in [0.05, 0.1) is 9.95 Å². The van der Waals surface area contributed by atoms with Crippen LogP contribution in [0.1, 0.15) is 13.8 Å². The van der Waals surface area contributed by atoms with Gasteiger partial charge in [-0.05, 0) is 13.8 Å². The summed E-state index contributed by atoms with van der Waals surface area (Å²) < 4.78 is -1.20. The summed E-state index contributed by atoms with van der Waals surface area (Å²) in [4.78, 5) is 24.9. The van der Waals surface area contributed by atoms with Crippen molar-refractivity contribution >= 4 is 35.0 Å². The molecule has 0 aromatic carbocycles. The van der Waals surface area contributed by atoms with Crippen molar-refractivity contribution in [2.75, 3.05) is 0 Å². The summed E-state index contributed by atoms with van der Waals surface area (Å²) in [5.41, 5.74) is -0.295. The standard InChI is InChI=1S/C9H9ClN2O4S/c1-9(2,8(13)14)17-7-6(12(15)16)3-5(10)4-11-7/h3-4H,1-2H3,(H,13,14). The van der Waals surface area contributed by atoms with Gasteiger partial charge in [0.15, 0.2) is 5.03 Å². The van der Waals surface area contributed by atoms with Crippen molar-refractivity contribution in [1.29, 1.82) is 0 Å². The molecule has 92 valence electrons. The molecule has 0 aliphatic rings. The highest BCUT2D eigenvalue weighted by Gasteiger charge is 2.32. The fraction of sp³-hybridized carbons (Fsp3) is 0.333.